The van der Waals surface area contributed by atoms with Crippen molar-refractivity contribution in [2.45, 2.75) is 6.04 Å². The van der Waals surface area contributed by atoms with Crippen molar-refractivity contribution in [3.63, 3.8) is 0 Å². The van der Waals surface area contributed by atoms with E-state index in [0.29, 0.717) is 6.04 Å². The van der Waals surface area contributed by atoms with Gasteiger partial charge in [-0.1, -0.05) is 18.3 Å². The number of rotatable bonds is 1. The Kier molecular flexibility index (Phi) is 2.73. The summed E-state index contributed by atoms with van der Waals surface area (Å²) in [5, 5.41) is 6.76. The molecule has 1 aliphatic heterocycles. The molecule has 0 radical (unpaired) electrons. The second kappa shape index (κ2) is 4.00. The van der Waals surface area contributed by atoms with E-state index in [1.165, 1.54) is 5.56 Å². The molecule has 2 heterocycles. The second-order valence-corrected chi connectivity index (χ2v) is 3.57. The van der Waals surface area contributed by atoms with Gasteiger partial charge in [-0.3, -0.25) is 0 Å². The molecule has 2 rings (SSSR count). The van der Waals surface area contributed by atoms with E-state index in [4.69, 9.17) is 12.2 Å². The molecule has 1 aromatic rings. The van der Waals surface area contributed by atoms with Gasteiger partial charge in [0.1, 0.15) is 4.64 Å². The van der Waals surface area contributed by atoms with E-state index in [-0.39, 0.29) is 0 Å². The fourth-order valence-corrected chi connectivity index (χ4v) is 1.86. The number of nitrogens with one attached hydrogen (secondary N) is 3. The molecule has 70 valence electrons. The normalized spacial score (nSPS) is 22.9. The molecule has 4 heteroatoms. The molecule has 1 atom stereocenters. The zero-order valence-electron chi connectivity index (χ0n) is 7.34. The van der Waals surface area contributed by atoms with Crippen molar-refractivity contribution in [3.05, 3.63) is 28.5 Å². The van der Waals surface area contributed by atoms with Crippen LogP contribution >= 0.6 is 12.2 Å². The van der Waals surface area contributed by atoms with Crippen molar-refractivity contribution in [3.8, 4) is 0 Å². The maximum atomic E-state index is 5.21. The lowest BCUT2D eigenvalue weighted by atomic mass is 10.1. The molecule has 0 aromatic carbocycles. The van der Waals surface area contributed by atoms with Crippen molar-refractivity contribution >= 4 is 12.2 Å². The van der Waals surface area contributed by atoms with Gasteiger partial charge in [-0.2, -0.15) is 0 Å². The molecule has 3 nitrogen and oxygen atoms in total. The molecule has 0 bridgehead atoms. The summed E-state index contributed by atoms with van der Waals surface area (Å²) in [5.41, 5.74) is 1.18. The lowest BCUT2D eigenvalue weighted by molar-refractivity contribution is 0.429. The highest BCUT2D eigenvalue weighted by Crippen LogP contribution is 2.13. The Hall–Kier alpha value is -0.710. The van der Waals surface area contributed by atoms with Gasteiger partial charge < -0.3 is 15.6 Å². The summed E-state index contributed by atoms with van der Waals surface area (Å²) in [6.45, 7) is 3.01. The Balaban J connectivity index is 2.24. The summed E-state index contributed by atoms with van der Waals surface area (Å²) >= 11 is 5.21. The molecular weight excluding hydrogens is 182 g/mol. The van der Waals surface area contributed by atoms with E-state index in [2.05, 4.69) is 21.7 Å². The first-order valence-electron chi connectivity index (χ1n) is 4.49. The number of H-pyrrole nitrogens is 1. The third kappa shape index (κ3) is 1.96. The molecular formula is C9H13N3S. The highest BCUT2D eigenvalue weighted by atomic mass is 32.1. The van der Waals surface area contributed by atoms with Gasteiger partial charge in [0.25, 0.3) is 0 Å². The molecule has 1 aromatic heterocycles. The quantitative estimate of drug-likeness (QED) is 0.585. The molecule has 0 unspecified atom stereocenters. The van der Waals surface area contributed by atoms with E-state index >= 15 is 0 Å². The van der Waals surface area contributed by atoms with Crippen molar-refractivity contribution in [1.82, 2.24) is 15.6 Å². The Morgan fingerprint density at radius 1 is 1.38 bits per heavy atom. The average molecular weight is 195 g/mol. The Bertz CT molecular complexity index is 328. The highest BCUT2D eigenvalue weighted by molar-refractivity contribution is 7.71. The Morgan fingerprint density at radius 2 is 2.31 bits per heavy atom. The van der Waals surface area contributed by atoms with E-state index in [1.807, 2.05) is 12.3 Å². The minimum Gasteiger partial charge on any atom is -0.353 e. The summed E-state index contributed by atoms with van der Waals surface area (Å²) in [6, 6.07) is 4.42. The van der Waals surface area contributed by atoms with Crippen molar-refractivity contribution in [2.24, 2.45) is 0 Å². The minimum absolute atomic E-state index is 0.360. The smallest absolute Gasteiger partial charge is 0.108 e. The molecule has 0 aliphatic carbocycles. The Labute approximate surface area is 82.6 Å². The second-order valence-electron chi connectivity index (χ2n) is 3.17. The van der Waals surface area contributed by atoms with E-state index in [1.54, 1.807) is 0 Å². The molecule has 1 aliphatic rings. The molecule has 1 saturated heterocycles. The lowest BCUT2D eigenvalue weighted by Gasteiger charge is -2.24. The zero-order valence-corrected chi connectivity index (χ0v) is 8.16. The van der Waals surface area contributed by atoms with Crippen molar-refractivity contribution in [1.29, 1.82) is 0 Å². The molecule has 0 spiro atoms. The molecule has 0 amide bonds. The topological polar surface area (TPSA) is 39.9 Å². The first-order valence-corrected chi connectivity index (χ1v) is 4.90. The van der Waals surface area contributed by atoms with Crippen LogP contribution in [0.3, 0.4) is 0 Å². The van der Waals surface area contributed by atoms with Crippen LogP contribution in [0.5, 0.6) is 0 Å². The fraction of sp³-hybridized carbons (Fsp3) is 0.444. The number of aromatic nitrogens is 1. The van der Waals surface area contributed by atoms with Gasteiger partial charge in [0, 0.05) is 37.4 Å². The average Bonchev–Trinajstić information content (AvgIpc) is 2.20. The number of aromatic amines is 1. The largest absolute Gasteiger partial charge is 0.353 e. The summed E-state index contributed by atoms with van der Waals surface area (Å²) < 4.78 is 0.837. The monoisotopic (exact) mass is 195 g/mol. The number of hydrogen-bond acceptors (Lipinski definition) is 3. The van der Waals surface area contributed by atoms with Crippen LogP contribution < -0.4 is 10.6 Å². The minimum atomic E-state index is 0.360. The Morgan fingerprint density at radius 3 is 3.00 bits per heavy atom. The van der Waals surface area contributed by atoms with Crippen molar-refractivity contribution < 1.29 is 0 Å². The number of hydrogen-bond donors (Lipinski definition) is 3. The van der Waals surface area contributed by atoms with E-state index in [0.717, 1.165) is 24.3 Å². The van der Waals surface area contributed by atoms with Gasteiger partial charge in [0.2, 0.25) is 0 Å². The van der Waals surface area contributed by atoms with Crippen LogP contribution in [0.2, 0.25) is 0 Å². The van der Waals surface area contributed by atoms with Gasteiger partial charge in [-0.05, 0) is 6.07 Å². The number of pyridine rings is 1. The van der Waals surface area contributed by atoms with Gasteiger partial charge in [-0.15, -0.1) is 0 Å². The maximum Gasteiger partial charge on any atom is 0.108 e. The van der Waals surface area contributed by atoms with E-state index in [9.17, 15) is 0 Å². The first-order chi connectivity index (χ1) is 6.38. The van der Waals surface area contributed by atoms with Crippen LogP contribution in [0.25, 0.3) is 0 Å². The van der Waals surface area contributed by atoms with Crippen LogP contribution in [0.4, 0.5) is 0 Å². The van der Waals surface area contributed by atoms with Crippen LogP contribution in [0.1, 0.15) is 11.6 Å². The van der Waals surface area contributed by atoms with E-state index < -0.39 is 0 Å². The highest BCUT2D eigenvalue weighted by Gasteiger charge is 2.14. The summed E-state index contributed by atoms with van der Waals surface area (Å²) in [7, 11) is 0. The molecule has 1 fully saturated rings. The van der Waals surface area contributed by atoms with Crippen molar-refractivity contribution in [2.75, 3.05) is 19.6 Å². The van der Waals surface area contributed by atoms with Gasteiger partial charge in [0.05, 0.1) is 0 Å². The number of piperazine rings is 1. The van der Waals surface area contributed by atoms with Crippen LogP contribution in [-0.4, -0.2) is 24.6 Å². The van der Waals surface area contributed by atoms with Gasteiger partial charge in [0.15, 0.2) is 0 Å². The fourth-order valence-electron chi connectivity index (χ4n) is 1.58. The maximum absolute atomic E-state index is 5.21. The summed E-state index contributed by atoms with van der Waals surface area (Å²) in [6.07, 6.45) is 1.86. The summed E-state index contributed by atoms with van der Waals surface area (Å²) in [5.74, 6) is 0. The predicted molar refractivity (Wildman–Crippen MR) is 55.2 cm³/mol. The van der Waals surface area contributed by atoms with Crippen LogP contribution in [0.15, 0.2) is 18.3 Å². The van der Waals surface area contributed by atoms with Gasteiger partial charge in [-0.25, -0.2) is 0 Å². The first kappa shape index (κ1) is 8.87. The third-order valence-corrected chi connectivity index (χ3v) is 2.62. The molecule has 0 saturated carbocycles. The van der Waals surface area contributed by atoms with Crippen LogP contribution in [0, 0.1) is 4.64 Å². The van der Waals surface area contributed by atoms with Gasteiger partial charge >= 0.3 is 0 Å². The standard InChI is InChI=1S/C9H13N3S/c13-9-7(2-1-3-12-9)8-6-10-4-5-11-8/h1-3,8,10-11H,4-6H2,(H,12,13)/t8-/m1/s1. The third-order valence-electron chi connectivity index (χ3n) is 2.27. The zero-order chi connectivity index (χ0) is 9.10. The predicted octanol–water partition coefficient (Wildman–Crippen LogP) is 0.978. The molecule has 13 heavy (non-hydrogen) atoms. The lowest BCUT2D eigenvalue weighted by Crippen LogP contribution is -2.42. The summed E-state index contributed by atoms with van der Waals surface area (Å²) in [4.78, 5) is 3.04. The molecule has 3 N–H and O–H groups in total. The van der Waals surface area contributed by atoms with Crippen LogP contribution in [-0.2, 0) is 0 Å². The SMILES string of the molecule is S=c1[nH]cccc1[C@H]1CNCCN1.